The van der Waals surface area contributed by atoms with Crippen LogP contribution in [-0.4, -0.2) is 54.9 Å². The van der Waals surface area contributed by atoms with Gasteiger partial charge in [-0.05, 0) is 30.3 Å². The van der Waals surface area contributed by atoms with Gasteiger partial charge in [0.15, 0.2) is 0 Å². The molecule has 1 aliphatic rings. The zero-order chi connectivity index (χ0) is 19.4. The molecule has 0 unspecified atom stereocenters. The number of piperazine rings is 1. The number of carbonyl (C=O) groups is 2. The summed E-state index contributed by atoms with van der Waals surface area (Å²) in [7, 11) is 1.55. The van der Waals surface area contributed by atoms with Crippen molar-refractivity contribution in [2.24, 2.45) is 0 Å². The summed E-state index contributed by atoms with van der Waals surface area (Å²) < 4.78 is 19.0. The highest BCUT2D eigenvalue weighted by molar-refractivity contribution is 6.31. The monoisotopic (exact) mass is 390 g/mol. The highest BCUT2D eigenvalue weighted by Gasteiger charge is 2.26. The Morgan fingerprint density at radius 3 is 2.41 bits per heavy atom. The average Bonchev–Trinajstić information content (AvgIpc) is 2.70. The number of amides is 2. The van der Waals surface area contributed by atoms with Crippen LogP contribution in [0.3, 0.4) is 0 Å². The van der Waals surface area contributed by atoms with Crippen LogP contribution in [0.1, 0.15) is 15.9 Å². The van der Waals surface area contributed by atoms with E-state index in [1.54, 1.807) is 47.2 Å². The summed E-state index contributed by atoms with van der Waals surface area (Å²) in [4.78, 5) is 28.4. The molecule has 0 spiro atoms. The standard InChI is InChI=1S/C20H20ClFN2O3/c1-27-15-5-2-4-14(12-15)20(26)24-10-8-23(9-11-24)19(25)13-16-17(21)6-3-7-18(16)22/h2-7,12H,8-11,13H2,1H3. The molecule has 0 N–H and O–H groups in total. The summed E-state index contributed by atoms with van der Waals surface area (Å²) in [5, 5.41) is 0.246. The molecule has 0 atom stereocenters. The van der Waals surface area contributed by atoms with Crippen LogP contribution < -0.4 is 4.74 Å². The molecule has 0 radical (unpaired) electrons. The van der Waals surface area contributed by atoms with Gasteiger partial charge in [-0.15, -0.1) is 0 Å². The van der Waals surface area contributed by atoms with Gasteiger partial charge in [0.05, 0.1) is 13.5 Å². The maximum absolute atomic E-state index is 13.9. The van der Waals surface area contributed by atoms with Crippen LogP contribution in [-0.2, 0) is 11.2 Å². The first-order valence-electron chi connectivity index (χ1n) is 8.63. The van der Waals surface area contributed by atoms with E-state index in [4.69, 9.17) is 16.3 Å². The van der Waals surface area contributed by atoms with Gasteiger partial charge >= 0.3 is 0 Å². The third kappa shape index (κ3) is 4.39. The Balaban J connectivity index is 1.59. The number of benzene rings is 2. The number of hydrogen-bond donors (Lipinski definition) is 0. The third-order valence-corrected chi connectivity index (χ3v) is 4.98. The Labute approximate surface area is 162 Å². The molecule has 27 heavy (non-hydrogen) atoms. The highest BCUT2D eigenvalue weighted by Crippen LogP contribution is 2.21. The smallest absolute Gasteiger partial charge is 0.254 e. The lowest BCUT2D eigenvalue weighted by atomic mass is 10.1. The van der Waals surface area contributed by atoms with E-state index in [1.165, 1.54) is 12.1 Å². The van der Waals surface area contributed by atoms with E-state index in [0.717, 1.165) is 0 Å². The number of hydrogen-bond acceptors (Lipinski definition) is 3. The molecule has 0 aliphatic carbocycles. The van der Waals surface area contributed by atoms with Crippen molar-refractivity contribution >= 4 is 23.4 Å². The van der Waals surface area contributed by atoms with E-state index in [1.807, 2.05) is 0 Å². The van der Waals surface area contributed by atoms with Crippen molar-refractivity contribution in [3.8, 4) is 5.75 Å². The first-order chi connectivity index (χ1) is 13.0. The minimum Gasteiger partial charge on any atom is -0.497 e. The number of rotatable bonds is 4. The summed E-state index contributed by atoms with van der Waals surface area (Å²) in [6.07, 6.45) is -0.0880. The van der Waals surface area contributed by atoms with Crippen molar-refractivity contribution in [3.63, 3.8) is 0 Å². The van der Waals surface area contributed by atoms with E-state index in [0.29, 0.717) is 37.5 Å². The van der Waals surface area contributed by atoms with E-state index in [9.17, 15) is 14.0 Å². The Morgan fingerprint density at radius 1 is 1.07 bits per heavy atom. The van der Waals surface area contributed by atoms with Gasteiger partial charge in [0.2, 0.25) is 5.91 Å². The van der Waals surface area contributed by atoms with Crippen LogP contribution in [0.25, 0.3) is 0 Å². The molecule has 3 rings (SSSR count). The predicted molar refractivity (Wildman–Crippen MR) is 101 cm³/mol. The van der Waals surface area contributed by atoms with E-state index < -0.39 is 5.82 Å². The van der Waals surface area contributed by atoms with Gasteiger partial charge in [0.1, 0.15) is 11.6 Å². The molecule has 2 aromatic carbocycles. The van der Waals surface area contributed by atoms with Crippen molar-refractivity contribution in [2.75, 3.05) is 33.3 Å². The highest BCUT2D eigenvalue weighted by atomic mass is 35.5. The van der Waals surface area contributed by atoms with Crippen LogP contribution >= 0.6 is 11.6 Å². The Morgan fingerprint density at radius 2 is 1.74 bits per heavy atom. The third-order valence-electron chi connectivity index (χ3n) is 4.63. The number of carbonyl (C=O) groups excluding carboxylic acids is 2. The molecule has 1 aliphatic heterocycles. The topological polar surface area (TPSA) is 49.9 Å². The first kappa shape index (κ1) is 19.2. The molecule has 0 aromatic heterocycles. The minimum atomic E-state index is -0.484. The van der Waals surface area contributed by atoms with E-state index >= 15 is 0 Å². The minimum absolute atomic E-state index is 0.0880. The summed E-state index contributed by atoms with van der Waals surface area (Å²) >= 11 is 6.00. The Kier molecular flexibility index (Phi) is 5.96. The van der Waals surface area contributed by atoms with Crippen molar-refractivity contribution in [1.29, 1.82) is 0 Å². The van der Waals surface area contributed by atoms with Gasteiger partial charge in [0.25, 0.3) is 5.91 Å². The molecule has 1 heterocycles. The van der Waals surface area contributed by atoms with Crippen LogP contribution in [0.15, 0.2) is 42.5 Å². The Hall–Kier alpha value is -2.60. The van der Waals surface area contributed by atoms with Gasteiger partial charge < -0.3 is 14.5 Å². The predicted octanol–water partition coefficient (Wildman–Crippen LogP) is 3.01. The van der Waals surface area contributed by atoms with Crippen LogP contribution in [0.5, 0.6) is 5.75 Å². The molecular weight excluding hydrogens is 371 g/mol. The largest absolute Gasteiger partial charge is 0.497 e. The summed E-state index contributed by atoms with van der Waals surface area (Å²) in [5.74, 6) is -0.159. The molecule has 7 heteroatoms. The molecule has 0 bridgehead atoms. The van der Waals surface area contributed by atoms with Gasteiger partial charge in [0, 0.05) is 42.3 Å². The fourth-order valence-electron chi connectivity index (χ4n) is 3.06. The van der Waals surface area contributed by atoms with Crippen molar-refractivity contribution in [2.45, 2.75) is 6.42 Å². The lowest BCUT2D eigenvalue weighted by Crippen LogP contribution is -2.51. The summed E-state index contributed by atoms with van der Waals surface area (Å²) in [5.41, 5.74) is 0.756. The average molecular weight is 391 g/mol. The molecule has 1 saturated heterocycles. The summed E-state index contributed by atoms with van der Waals surface area (Å²) in [6.45, 7) is 1.65. The van der Waals surface area contributed by atoms with E-state index in [2.05, 4.69) is 0 Å². The number of methoxy groups -OCH3 is 1. The molecule has 1 fully saturated rings. The second-order valence-electron chi connectivity index (χ2n) is 6.28. The SMILES string of the molecule is COc1cccc(C(=O)N2CCN(C(=O)Cc3c(F)cccc3Cl)CC2)c1. The zero-order valence-corrected chi connectivity index (χ0v) is 15.7. The van der Waals surface area contributed by atoms with Crippen molar-refractivity contribution in [3.05, 3.63) is 64.4 Å². The number of ether oxygens (including phenoxy) is 1. The normalized spacial score (nSPS) is 14.2. The molecule has 5 nitrogen and oxygen atoms in total. The van der Waals surface area contributed by atoms with E-state index in [-0.39, 0.29) is 28.8 Å². The van der Waals surface area contributed by atoms with Crippen molar-refractivity contribution in [1.82, 2.24) is 9.80 Å². The maximum atomic E-state index is 13.9. The zero-order valence-electron chi connectivity index (χ0n) is 15.0. The molecule has 142 valence electrons. The molecule has 0 saturated carbocycles. The van der Waals surface area contributed by atoms with Gasteiger partial charge in [-0.2, -0.15) is 0 Å². The van der Waals surface area contributed by atoms with Gasteiger partial charge in [-0.3, -0.25) is 9.59 Å². The fourth-order valence-corrected chi connectivity index (χ4v) is 3.29. The summed E-state index contributed by atoms with van der Waals surface area (Å²) in [6, 6.07) is 11.3. The fraction of sp³-hybridized carbons (Fsp3) is 0.300. The quantitative estimate of drug-likeness (QED) is 0.806. The van der Waals surface area contributed by atoms with Crippen LogP contribution in [0.2, 0.25) is 5.02 Å². The first-order valence-corrected chi connectivity index (χ1v) is 9.01. The number of nitrogens with zero attached hydrogens (tertiary/aromatic N) is 2. The van der Waals surface area contributed by atoms with Crippen LogP contribution in [0.4, 0.5) is 4.39 Å². The maximum Gasteiger partial charge on any atom is 0.254 e. The second-order valence-corrected chi connectivity index (χ2v) is 6.69. The van der Waals surface area contributed by atoms with Crippen LogP contribution in [0, 0.1) is 5.82 Å². The second kappa shape index (κ2) is 8.39. The molecule has 2 aromatic rings. The van der Waals surface area contributed by atoms with Gasteiger partial charge in [-0.25, -0.2) is 4.39 Å². The lowest BCUT2D eigenvalue weighted by Gasteiger charge is -2.35. The lowest BCUT2D eigenvalue weighted by molar-refractivity contribution is -0.132. The van der Waals surface area contributed by atoms with Crippen molar-refractivity contribution < 1.29 is 18.7 Å². The molecule has 2 amide bonds. The van der Waals surface area contributed by atoms with Gasteiger partial charge in [-0.1, -0.05) is 23.7 Å². The number of halogens is 2. The molecular formula is C20H20ClFN2O3. The Bertz CT molecular complexity index is 831.